The van der Waals surface area contributed by atoms with E-state index in [4.69, 9.17) is 5.14 Å². The number of Topliss-reactive ketones (excluding diaryl/α,β-unsaturated/α-hetero) is 1. The summed E-state index contributed by atoms with van der Waals surface area (Å²) in [5.41, 5.74) is 3.82. The number of primary sulfonamides is 1. The lowest BCUT2D eigenvalue weighted by Gasteiger charge is -2.26. The highest BCUT2D eigenvalue weighted by Gasteiger charge is 2.35. The molecule has 0 saturated heterocycles. The van der Waals surface area contributed by atoms with E-state index in [0.717, 1.165) is 22.3 Å². The molecule has 0 bridgehead atoms. The first kappa shape index (κ1) is 17.8. The molecule has 1 atom stereocenters. The largest absolute Gasteiger partial charge is 0.318 e. The van der Waals surface area contributed by atoms with Crippen molar-refractivity contribution in [3.8, 4) is 0 Å². The Kier molecular flexibility index (Phi) is 3.73. The summed E-state index contributed by atoms with van der Waals surface area (Å²) < 4.78 is 27.0. The molecule has 0 spiro atoms. The Bertz CT molecular complexity index is 1270. The van der Waals surface area contributed by atoms with E-state index in [-0.39, 0.29) is 17.1 Å². The smallest absolute Gasteiger partial charge is 0.237 e. The predicted octanol–water partition coefficient (Wildman–Crippen LogP) is 3.13. The zero-order valence-corrected chi connectivity index (χ0v) is 16.2. The van der Waals surface area contributed by atoms with E-state index < -0.39 is 15.4 Å². The number of aryl methyl sites for hydroxylation is 2. The van der Waals surface area contributed by atoms with Gasteiger partial charge >= 0.3 is 0 Å². The number of carbonyl (C=O) groups is 1. The topological polar surface area (TPSA) is 86.0 Å². The van der Waals surface area contributed by atoms with Gasteiger partial charge in [-0.25, -0.2) is 13.6 Å². The maximum atomic E-state index is 13.4. The Hall–Kier alpha value is -2.64. The van der Waals surface area contributed by atoms with Crippen LogP contribution in [0.15, 0.2) is 53.7 Å². The van der Waals surface area contributed by atoms with Crippen molar-refractivity contribution < 1.29 is 13.2 Å². The first-order valence-electron chi connectivity index (χ1n) is 8.67. The van der Waals surface area contributed by atoms with Crippen LogP contribution in [0.4, 0.5) is 0 Å². The monoisotopic (exact) mass is 383 g/mol. The number of fused-ring (bicyclic) bond motifs is 3. The third kappa shape index (κ3) is 2.65. The number of allylic oxidation sites excluding steroid dienone is 3. The molecule has 1 aliphatic carbocycles. The normalized spacial score (nSPS) is 20.4. The Labute approximate surface area is 157 Å². The van der Waals surface area contributed by atoms with Crippen molar-refractivity contribution in [2.75, 3.05) is 0 Å². The van der Waals surface area contributed by atoms with Crippen LogP contribution in [0, 0.1) is 19.3 Å². The molecule has 2 N–H and O–H groups in total. The number of ketones is 1. The second kappa shape index (κ2) is 5.68. The summed E-state index contributed by atoms with van der Waals surface area (Å²) in [5, 5.41) is 5.18. The van der Waals surface area contributed by atoms with Gasteiger partial charge in [0.05, 0.1) is 27.0 Å². The molecule has 0 fully saturated rings. The van der Waals surface area contributed by atoms with Gasteiger partial charge in [0.2, 0.25) is 10.0 Å². The van der Waals surface area contributed by atoms with Crippen molar-refractivity contribution >= 4 is 26.8 Å². The quantitative estimate of drug-likeness (QED) is 0.705. The number of hydrogen-bond acceptors (Lipinski definition) is 3. The molecule has 7 heteroatoms. The Morgan fingerprint density at radius 2 is 1.85 bits per heavy atom. The Morgan fingerprint density at radius 1 is 1.15 bits per heavy atom. The average Bonchev–Trinajstić information content (AvgIpc) is 3.13. The van der Waals surface area contributed by atoms with Crippen LogP contribution in [-0.2, 0) is 10.0 Å². The Morgan fingerprint density at radius 3 is 2.48 bits per heavy atom. The molecule has 3 aromatic heterocycles. The van der Waals surface area contributed by atoms with Crippen molar-refractivity contribution in [3.63, 3.8) is 0 Å². The van der Waals surface area contributed by atoms with E-state index in [1.54, 1.807) is 6.08 Å². The van der Waals surface area contributed by atoms with Crippen molar-refractivity contribution in [1.29, 1.82) is 0 Å². The zero-order chi connectivity index (χ0) is 19.6. The summed E-state index contributed by atoms with van der Waals surface area (Å²) >= 11 is 0. The number of rotatable bonds is 3. The average molecular weight is 383 g/mol. The number of sulfonamides is 1. The fraction of sp³-hybridized carbons (Fsp3) is 0.250. The molecule has 3 heterocycles. The van der Waals surface area contributed by atoms with Crippen molar-refractivity contribution in [2.45, 2.75) is 27.2 Å². The van der Waals surface area contributed by atoms with Gasteiger partial charge in [0.25, 0.3) is 0 Å². The third-order valence-electron chi connectivity index (χ3n) is 5.38. The minimum atomic E-state index is -3.77. The van der Waals surface area contributed by atoms with Gasteiger partial charge in [0.15, 0.2) is 5.78 Å². The van der Waals surface area contributed by atoms with Crippen LogP contribution < -0.4 is 5.14 Å². The van der Waals surface area contributed by atoms with Crippen molar-refractivity contribution in [2.24, 2.45) is 10.6 Å². The maximum Gasteiger partial charge on any atom is 0.237 e. The molecular formula is C20H21N3O3S. The van der Waals surface area contributed by atoms with Gasteiger partial charge in [-0.3, -0.25) is 4.79 Å². The summed E-state index contributed by atoms with van der Waals surface area (Å²) in [6.07, 6.45) is 8.73. The summed E-state index contributed by atoms with van der Waals surface area (Å²) in [7, 11) is -3.77. The molecule has 1 unspecified atom stereocenters. The molecule has 0 radical (unpaired) electrons. The fourth-order valence-electron chi connectivity index (χ4n) is 3.75. The van der Waals surface area contributed by atoms with E-state index in [1.165, 1.54) is 12.2 Å². The van der Waals surface area contributed by atoms with E-state index in [1.807, 2.05) is 55.8 Å². The minimum Gasteiger partial charge on any atom is -0.318 e. The first-order valence-corrected chi connectivity index (χ1v) is 10.2. The second-order valence-corrected chi connectivity index (χ2v) is 8.96. The van der Waals surface area contributed by atoms with Gasteiger partial charge in [-0.05, 0) is 57.0 Å². The molecule has 4 rings (SSSR count). The Balaban J connectivity index is 1.82. The van der Waals surface area contributed by atoms with Crippen LogP contribution in [-0.4, -0.2) is 23.0 Å². The third-order valence-corrected chi connectivity index (χ3v) is 6.34. The van der Waals surface area contributed by atoms with Crippen LogP contribution in [0.5, 0.6) is 0 Å². The van der Waals surface area contributed by atoms with Gasteiger partial charge in [0, 0.05) is 18.1 Å². The van der Waals surface area contributed by atoms with Crippen LogP contribution in [0.25, 0.3) is 11.0 Å². The molecule has 140 valence electrons. The lowest BCUT2D eigenvalue weighted by molar-refractivity contribution is 0.0863. The van der Waals surface area contributed by atoms with Crippen LogP contribution in [0.1, 0.15) is 35.1 Å². The lowest BCUT2D eigenvalue weighted by atomic mass is 9.78. The van der Waals surface area contributed by atoms with Gasteiger partial charge in [-0.15, -0.1) is 0 Å². The fourth-order valence-corrected chi connectivity index (χ4v) is 4.32. The van der Waals surface area contributed by atoms with E-state index in [0.29, 0.717) is 5.69 Å². The number of nitrogens with zero attached hydrogens (tertiary/aromatic N) is 2. The van der Waals surface area contributed by atoms with Gasteiger partial charge < -0.3 is 8.80 Å². The summed E-state index contributed by atoms with van der Waals surface area (Å²) in [4.78, 5) is 13.5. The van der Waals surface area contributed by atoms with E-state index in [2.05, 4.69) is 4.40 Å². The van der Waals surface area contributed by atoms with Crippen molar-refractivity contribution in [1.82, 2.24) is 8.80 Å². The lowest BCUT2D eigenvalue weighted by Crippen LogP contribution is -2.29. The first-order chi connectivity index (χ1) is 12.6. The molecule has 0 aromatic carbocycles. The second-order valence-electron chi connectivity index (χ2n) is 7.39. The molecule has 3 aromatic rings. The molecule has 6 nitrogen and oxygen atoms in total. The van der Waals surface area contributed by atoms with E-state index in [9.17, 15) is 13.2 Å². The summed E-state index contributed by atoms with van der Waals surface area (Å²) in [6, 6.07) is 6.11. The molecule has 0 aliphatic heterocycles. The van der Waals surface area contributed by atoms with E-state index >= 15 is 0 Å². The number of nitrogens with two attached hydrogens (primary N) is 1. The number of carbonyl (C=O) groups excluding carboxylic acids is 1. The minimum absolute atomic E-state index is 0.0476. The highest BCUT2D eigenvalue weighted by Crippen LogP contribution is 2.36. The van der Waals surface area contributed by atoms with Gasteiger partial charge in [0.1, 0.15) is 0 Å². The standard InChI is InChI=1S/C20H21N3O3S/c1-13-12-17-16-5-4-14(2)22(16)10-11-23(17)18(13)19(24)20(3)8-6-15(7-9-20)27(21,25)26/h4-8,10-12H,9H2,1-3H3,(H2,21,25,26). The van der Waals surface area contributed by atoms with Gasteiger partial charge in [-0.2, -0.15) is 0 Å². The van der Waals surface area contributed by atoms with Crippen LogP contribution in [0.2, 0.25) is 0 Å². The molecule has 27 heavy (non-hydrogen) atoms. The molecule has 0 saturated carbocycles. The SMILES string of the molecule is Cc1cc2c3ccc(C)n3ccn2c1C(=O)C1(C)C=CC(S(N)(=O)=O)=CC1. The maximum absolute atomic E-state index is 13.4. The number of aromatic nitrogens is 2. The van der Waals surface area contributed by atoms with Crippen molar-refractivity contribution in [3.05, 3.63) is 70.7 Å². The zero-order valence-electron chi connectivity index (χ0n) is 15.4. The summed E-state index contributed by atoms with van der Waals surface area (Å²) in [6.45, 7) is 5.78. The van der Waals surface area contributed by atoms with Gasteiger partial charge in [-0.1, -0.05) is 12.2 Å². The van der Waals surface area contributed by atoms with Crippen LogP contribution in [0.3, 0.4) is 0 Å². The predicted molar refractivity (Wildman–Crippen MR) is 105 cm³/mol. The highest BCUT2D eigenvalue weighted by atomic mass is 32.2. The molecule has 1 aliphatic rings. The number of hydrogen-bond donors (Lipinski definition) is 1. The van der Waals surface area contributed by atoms with Crippen LogP contribution >= 0.6 is 0 Å². The molecule has 0 amide bonds. The molecular weight excluding hydrogens is 362 g/mol. The highest BCUT2D eigenvalue weighted by molar-refractivity contribution is 7.93. The summed E-state index contributed by atoms with van der Waals surface area (Å²) in [5.74, 6) is -0.0476.